The van der Waals surface area contributed by atoms with Gasteiger partial charge in [-0.05, 0) is 37.1 Å². The zero-order valence-electron chi connectivity index (χ0n) is 19.3. The molecule has 0 aliphatic carbocycles. The molecule has 1 aromatic carbocycles. The van der Waals surface area contributed by atoms with Crippen molar-refractivity contribution < 1.29 is 27.4 Å². The summed E-state index contributed by atoms with van der Waals surface area (Å²) >= 11 is 0. The van der Waals surface area contributed by atoms with E-state index in [0.717, 1.165) is 0 Å². The van der Waals surface area contributed by atoms with E-state index in [1.807, 2.05) is 0 Å². The quantitative estimate of drug-likeness (QED) is 0.388. The Bertz CT molecular complexity index is 1410. The second kappa shape index (κ2) is 9.26. The molecular weight excluding hydrogens is 480 g/mol. The smallest absolute Gasteiger partial charge is 0.408 e. The lowest BCUT2D eigenvalue weighted by molar-refractivity contribution is -0.183. The number of nitrogens with zero attached hydrogens (tertiary/aromatic N) is 5. The maximum atomic E-state index is 14.1. The minimum absolute atomic E-state index is 0.0359. The van der Waals surface area contributed by atoms with E-state index < -0.39 is 24.1 Å². The number of likely N-dealkylation sites (tertiary alicyclic amines) is 1. The fourth-order valence-electron chi connectivity index (χ4n) is 4.54. The van der Waals surface area contributed by atoms with Gasteiger partial charge in [0.25, 0.3) is 0 Å². The molecule has 1 aliphatic heterocycles. The number of benzene rings is 1. The Hall–Kier alpha value is -3.35. The van der Waals surface area contributed by atoms with Gasteiger partial charge >= 0.3 is 6.18 Å². The second-order valence-electron chi connectivity index (χ2n) is 8.99. The monoisotopic (exact) mass is 504 g/mol. The van der Waals surface area contributed by atoms with E-state index in [2.05, 4.69) is 15.2 Å². The Morgan fingerprint density at radius 3 is 2.69 bits per heavy atom. The van der Waals surface area contributed by atoms with E-state index in [-0.39, 0.29) is 42.9 Å². The summed E-state index contributed by atoms with van der Waals surface area (Å²) in [5, 5.41) is 18.0. The number of halogens is 4. The van der Waals surface area contributed by atoms with Crippen molar-refractivity contribution in [3.8, 4) is 17.3 Å². The molecule has 0 radical (unpaired) electrons. The first-order valence-corrected chi connectivity index (χ1v) is 11.4. The summed E-state index contributed by atoms with van der Waals surface area (Å²) in [6.07, 6.45) is -3.25. The molecule has 2 unspecified atom stereocenters. The Balaban J connectivity index is 1.60. The number of hydrogen-bond acceptors (Lipinski definition) is 7. The van der Waals surface area contributed by atoms with Gasteiger partial charge in [-0.15, -0.1) is 10.2 Å². The van der Waals surface area contributed by atoms with Crippen LogP contribution >= 0.6 is 0 Å². The van der Waals surface area contributed by atoms with Crippen molar-refractivity contribution in [2.45, 2.75) is 37.7 Å². The van der Waals surface area contributed by atoms with Gasteiger partial charge in [-0.25, -0.2) is 9.37 Å². The number of alkyl halides is 3. The van der Waals surface area contributed by atoms with Gasteiger partial charge in [-0.1, -0.05) is 12.1 Å². The van der Waals surface area contributed by atoms with Gasteiger partial charge in [0.15, 0.2) is 11.5 Å². The summed E-state index contributed by atoms with van der Waals surface area (Å²) in [6.45, 7) is 1.74. The molecule has 0 amide bonds. The molecule has 8 nitrogen and oxygen atoms in total. The molecule has 0 spiro atoms. The van der Waals surface area contributed by atoms with Crippen molar-refractivity contribution in [2.75, 3.05) is 19.7 Å². The normalized spacial score (nSPS) is 18.7. The first-order chi connectivity index (χ1) is 17.1. The molecule has 3 atom stereocenters. The number of hydrogen-bond donors (Lipinski definition) is 2. The minimum atomic E-state index is -4.51. The summed E-state index contributed by atoms with van der Waals surface area (Å²) in [5.41, 5.74) is 6.89. The summed E-state index contributed by atoms with van der Waals surface area (Å²) in [7, 11) is 0. The maximum absolute atomic E-state index is 14.1. The van der Waals surface area contributed by atoms with E-state index in [9.17, 15) is 22.7 Å². The number of ether oxygens (including phenoxy) is 1. The highest BCUT2D eigenvalue weighted by molar-refractivity contribution is 5.86. The molecule has 1 fully saturated rings. The first-order valence-electron chi connectivity index (χ1n) is 11.4. The van der Waals surface area contributed by atoms with Crippen LogP contribution in [0.5, 0.6) is 5.75 Å². The highest BCUT2D eigenvalue weighted by Crippen LogP contribution is 2.39. The Kier molecular flexibility index (Phi) is 6.27. The van der Waals surface area contributed by atoms with Crippen molar-refractivity contribution >= 4 is 16.6 Å². The highest BCUT2D eigenvalue weighted by atomic mass is 19.4. The van der Waals surface area contributed by atoms with Gasteiger partial charge in [-0.3, -0.25) is 9.30 Å². The van der Waals surface area contributed by atoms with E-state index in [0.29, 0.717) is 28.7 Å². The van der Waals surface area contributed by atoms with Crippen molar-refractivity contribution in [1.82, 2.24) is 24.5 Å². The summed E-state index contributed by atoms with van der Waals surface area (Å²) in [5.74, 6) is -0.182. The van der Waals surface area contributed by atoms with E-state index in [4.69, 9.17) is 10.5 Å². The molecule has 0 bridgehead atoms. The Morgan fingerprint density at radius 1 is 1.19 bits per heavy atom. The fourth-order valence-corrected chi connectivity index (χ4v) is 4.54. The summed E-state index contributed by atoms with van der Waals surface area (Å²) < 4.78 is 63.6. The number of rotatable bonds is 6. The minimum Gasteiger partial charge on any atom is -0.486 e. The van der Waals surface area contributed by atoms with Gasteiger partial charge < -0.3 is 15.6 Å². The molecule has 0 saturated carbocycles. The van der Waals surface area contributed by atoms with Gasteiger partial charge in [0.05, 0.1) is 6.61 Å². The van der Waals surface area contributed by atoms with E-state index in [1.54, 1.807) is 19.1 Å². The van der Waals surface area contributed by atoms with Crippen LogP contribution < -0.4 is 10.5 Å². The van der Waals surface area contributed by atoms with Crippen LogP contribution in [0.4, 0.5) is 17.6 Å². The lowest BCUT2D eigenvalue weighted by Crippen LogP contribution is -2.38. The van der Waals surface area contributed by atoms with Gasteiger partial charge in [-0.2, -0.15) is 13.2 Å². The molecule has 190 valence electrons. The maximum Gasteiger partial charge on any atom is 0.408 e. The van der Waals surface area contributed by atoms with Crippen molar-refractivity contribution in [3.05, 3.63) is 54.0 Å². The molecule has 3 aromatic heterocycles. The number of aliphatic hydroxyl groups is 1. The average Bonchev–Trinajstić information content (AvgIpc) is 3.44. The van der Waals surface area contributed by atoms with Gasteiger partial charge in [0.1, 0.15) is 34.9 Å². The van der Waals surface area contributed by atoms with Crippen LogP contribution in [0.25, 0.3) is 28.1 Å². The molecule has 1 aliphatic rings. The van der Waals surface area contributed by atoms with Crippen molar-refractivity contribution in [2.24, 2.45) is 5.73 Å². The van der Waals surface area contributed by atoms with Gasteiger partial charge in [0.2, 0.25) is 0 Å². The van der Waals surface area contributed by atoms with Crippen molar-refractivity contribution in [3.63, 3.8) is 0 Å². The standard InChI is InChI=1S/C24H24F4N6O2/c1-13(12-35)36-19-9-16(25)8-14-2-4-18(30-21(14)19)23-32-31-20-5-3-15(10-34(20)23)22(24(26,27)28)33-7-6-17(29)11-33/h2-5,8-10,13,17,22,35H,6-7,11-12,29H2,1H3/t13?,17?,22-/m1/s1. The predicted octanol–water partition coefficient (Wildman–Crippen LogP) is 3.48. The first kappa shape index (κ1) is 24.3. The topological polar surface area (TPSA) is 102 Å². The average molecular weight is 504 g/mol. The number of pyridine rings is 2. The van der Waals surface area contributed by atoms with Crippen LogP contribution in [0, 0.1) is 5.82 Å². The molecule has 12 heteroatoms. The molecule has 1 saturated heterocycles. The number of aliphatic hydroxyl groups excluding tert-OH is 1. The highest BCUT2D eigenvalue weighted by Gasteiger charge is 2.46. The van der Waals surface area contributed by atoms with Crippen LogP contribution in [0.1, 0.15) is 24.9 Å². The fraction of sp³-hybridized carbons (Fsp3) is 0.375. The van der Waals surface area contributed by atoms with Gasteiger partial charge in [0, 0.05) is 36.8 Å². The van der Waals surface area contributed by atoms with E-state index >= 15 is 0 Å². The van der Waals surface area contributed by atoms with E-state index in [1.165, 1.54) is 39.8 Å². The third-order valence-corrected chi connectivity index (χ3v) is 6.21. The van der Waals surface area contributed by atoms with Crippen LogP contribution in [0.3, 0.4) is 0 Å². The molecule has 4 aromatic rings. The van der Waals surface area contributed by atoms with Crippen LogP contribution in [-0.2, 0) is 0 Å². The third-order valence-electron chi connectivity index (χ3n) is 6.21. The SMILES string of the molecule is CC(CO)Oc1cc(F)cc2ccc(-c3nnc4ccc([C@@H](N5CCC(N)C5)C(F)(F)F)cn34)nc12. The molecular formula is C24H24F4N6O2. The van der Waals surface area contributed by atoms with Crippen LogP contribution in [0.2, 0.25) is 0 Å². The van der Waals surface area contributed by atoms with Crippen molar-refractivity contribution in [1.29, 1.82) is 0 Å². The zero-order valence-corrected chi connectivity index (χ0v) is 19.3. The Labute approximate surface area is 203 Å². The summed E-state index contributed by atoms with van der Waals surface area (Å²) in [6, 6.07) is 6.41. The lowest BCUT2D eigenvalue weighted by atomic mass is 10.1. The molecule has 5 rings (SSSR count). The zero-order chi connectivity index (χ0) is 25.6. The largest absolute Gasteiger partial charge is 0.486 e. The molecule has 36 heavy (non-hydrogen) atoms. The molecule has 4 heterocycles. The summed E-state index contributed by atoms with van der Waals surface area (Å²) in [4.78, 5) is 5.90. The number of fused-ring (bicyclic) bond motifs is 2. The Morgan fingerprint density at radius 2 is 2.00 bits per heavy atom. The van der Waals surface area contributed by atoms with Crippen LogP contribution in [0.15, 0.2) is 42.6 Å². The lowest BCUT2D eigenvalue weighted by Gasteiger charge is -2.30. The third kappa shape index (κ3) is 4.59. The predicted molar refractivity (Wildman–Crippen MR) is 124 cm³/mol. The number of nitrogens with two attached hydrogens (primary N) is 1. The second-order valence-corrected chi connectivity index (χ2v) is 8.99. The number of aromatic nitrogens is 4. The van der Waals surface area contributed by atoms with Crippen LogP contribution in [-0.4, -0.2) is 67.6 Å². The molecule has 3 N–H and O–H groups in total.